The number of β-amino-alcohol motifs (C(OH)–C–C–N with tert-alkyl or cyclic N) is 1. The maximum absolute atomic E-state index is 10.0. The van der Waals surface area contributed by atoms with Crippen molar-refractivity contribution in [1.29, 1.82) is 0 Å². The normalized spacial score (nSPS) is 18.1. The highest BCUT2D eigenvalue weighted by Gasteiger charge is 2.14. The minimum absolute atomic E-state index is 0.0227. The van der Waals surface area contributed by atoms with E-state index in [-0.39, 0.29) is 12.1 Å². The molecule has 25 heavy (non-hydrogen) atoms. The summed E-state index contributed by atoms with van der Waals surface area (Å²) in [5.74, 6) is 0. The van der Waals surface area contributed by atoms with Gasteiger partial charge in [0.05, 0.1) is 11.8 Å². The molecule has 4 nitrogen and oxygen atoms in total. The average Bonchev–Trinajstić information content (AvgIpc) is 2.56. The third-order valence-corrected chi connectivity index (χ3v) is 4.25. The van der Waals surface area contributed by atoms with E-state index in [9.17, 15) is 5.11 Å². The minimum atomic E-state index is -0.563. The van der Waals surface area contributed by atoms with E-state index in [0.29, 0.717) is 6.54 Å². The van der Waals surface area contributed by atoms with Gasteiger partial charge in [0.1, 0.15) is 6.61 Å². The molecule has 0 heterocycles. The number of aliphatic hydroxyl groups is 1. The van der Waals surface area contributed by atoms with E-state index in [0.717, 1.165) is 35.5 Å². The fourth-order valence-electron chi connectivity index (χ4n) is 2.54. The van der Waals surface area contributed by atoms with E-state index in [1.54, 1.807) is 0 Å². The lowest BCUT2D eigenvalue weighted by Gasteiger charge is -2.23. The molecular weight excluding hydrogens is 336 g/mol. The first-order valence-electron chi connectivity index (χ1n) is 8.82. The van der Waals surface area contributed by atoms with Crippen LogP contribution in [0.3, 0.4) is 0 Å². The lowest BCUT2D eigenvalue weighted by atomic mass is 9.96. The molecule has 5 heteroatoms. The van der Waals surface area contributed by atoms with Crippen molar-refractivity contribution in [2.45, 2.75) is 51.7 Å². The van der Waals surface area contributed by atoms with Gasteiger partial charge in [0.25, 0.3) is 0 Å². The van der Waals surface area contributed by atoms with Crippen LogP contribution in [-0.4, -0.2) is 29.9 Å². The highest BCUT2D eigenvalue weighted by molar-refractivity contribution is 6.32. The van der Waals surface area contributed by atoms with Crippen molar-refractivity contribution in [3.05, 3.63) is 52.2 Å². The van der Waals surface area contributed by atoms with Crippen molar-refractivity contribution in [3.63, 3.8) is 0 Å². The zero-order valence-electron chi connectivity index (χ0n) is 15.3. The number of aliphatic hydroxyl groups excluding tert-OH is 1. The van der Waals surface area contributed by atoms with Crippen LogP contribution >= 0.6 is 11.6 Å². The summed E-state index contributed by atoms with van der Waals surface area (Å²) in [4.78, 5) is 5.52. The largest absolute Gasteiger partial charge is 0.389 e. The van der Waals surface area contributed by atoms with Gasteiger partial charge in [-0.2, -0.15) is 0 Å². The van der Waals surface area contributed by atoms with Gasteiger partial charge in [-0.1, -0.05) is 35.9 Å². The Hall–Kier alpha value is -1.33. The first-order chi connectivity index (χ1) is 11.8. The number of nitrogens with one attached hydrogen (secondary N) is 2. The molecule has 1 aromatic rings. The summed E-state index contributed by atoms with van der Waals surface area (Å²) in [5.41, 5.74) is 6.11. The SMILES string of the molecule is CC(C)(C)NC[C@H](O)CONC1=CCCCC1=Cc1ccccc1Cl. The zero-order valence-corrected chi connectivity index (χ0v) is 16.1. The molecule has 0 bridgehead atoms. The van der Waals surface area contributed by atoms with Crippen LogP contribution in [0, 0.1) is 0 Å². The van der Waals surface area contributed by atoms with E-state index in [1.165, 1.54) is 5.57 Å². The Kier molecular flexibility index (Phi) is 7.51. The lowest BCUT2D eigenvalue weighted by Crippen LogP contribution is -2.42. The minimum Gasteiger partial charge on any atom is -0.389 e. The first kappa shape index (κ1) is 20.0. The second-order valence-corrected chi connectivity index (χ2v) is 7.81. The van der Waals surface area contributed by atoms with Gasteiger partial charge in [0.2, 0.25) is 0 Å². The Labute approximate surface area is 155 Å². The number of halogens is 1. The predicted octanol–water partition coefficient (Wildman–Crippen LogP) is 4.06. The third kappa shape index (κ3) is 7.20. The predicted molar refractivity (Wildman–Crippen MR) is 104 cm³/mol. The Morgan fingerprint density at radius 2 is 2.08 bits per heavy atom. The van der Waals surface area contributed by atoms with E-state index in [2.05, 4.69) is 43.7 Å². The number of hydrogen-bond donors (Lipinski definition) is 3. The van der Waals surface area contributed by atoms with Crippen LogP contribution in [0.4, 0.5) is 0 Å². The number of hydrogen-bond acceptors (Lipinski definition) is 4. The van der Waals surface area contributed by atoms with Crippen molar-refractivity contribution in [1.82, 2.24) is 10.8 Å². The standard InChI is InChI=1S/C20H29ClN2O2/c1-20(2,3)22-13-17(24)14-25-23-19-11-7-5-9-16(19)12-15-8-4-6-10-18(15)21/h4,6,8,10-12,17,22-24H,5,7,9,13-14H2,1-3H3/t17-/m0/s1. The molecule has 0 amide bonds. The maximum Gasteiger partial charge on any atom is 0.102 e. The lowest BCUT2D eigenvalue weighted by molar-refractivity contribution is -0.00640. The van der Waals surface area contributed by atoms with E-state index in [4.69, 9.17) is 16.4 Å². The topological polar surface area (TPSA) is 53.5 Å². The molecule has 3 N–H and O–H groups in total. The Morgan fingerprint density at radius 1 is 1.32 bits per heavy atom. The molecule has 0 unspecified atom stereocenters. The molecule has 0 fully saturated rings. The van der Waals surface area contributed by atoms with Crippen LogP contribution in [0.5, 0.6) is 0 Å². The zero-order chi connectivity index (χ0) is 18.3. The maximum atomic E-state index is 10.0. The molecular formula is C20H29ClN2O2. The average molecular weight is 365 g/mol. The fraction of sp³-hybridized carbons (Fsp3) is 0.500. The number of rotatable bonds is 7. The molecule has 0 spiro atoms. The summed E-state index contributed by atoms with van der Waals surface area (Å²) < 4.78 is 0. The van der Waals surface area contributed by atoms with Crippen LogP contribution in [0.25, 0.3) is 6.08 Å². The number of benzene rings is 1. The highest BCUT2D eigenvalue weighted by atomic mass is 35.5. The summed E-state index contributed by atoms with van der Waals surface area (Å²) >= 11 is 6.25. The van der Waals surface area contributed by atoms with Gasteiger partial charge < -0.3 is 10.4 Å². The van der Waals surface area contributed by atoms with Crippen LogP contribution in [0.15, 0.2) is 41.6 Å². The summed E-state index contributed by atoms with van der Waals surface area (Å²) in [6, 6.07) is 7.80. The van der Waals surface area contributed by atoms with Gasteiger partial charge in [-0.25, -0.2) is 0 Å². The van der Waals surface area contributed by atoms with Gasteiger partial charge in [-0.3, -0.25) is 10.3 Å². The van der Waals surface area contributed by atoms with Gasteiger partial charge >= 0.3 is 0 Å². The molecule has 1 aromatic carbocycles. The van der Waals surface area contributed by atoms with Crippen LogP contribution in [0.2, 0.25) is 5.02 Å². The van der Waals surface area contributed by atoms with Gasteiger partial charge in [0.15, 0.2) is 0 Å². The first-order valence-corrected chi connectivity index (χ1v) is 9.19. The van der Waals surface area contributed by atoms with Crippen molar-refractivity contribution < 1.29 is 9.94 Å². The molecule has 0 saturated heterocycles. The van der Waals surface area contributed by atoms with Crippen molar-refractivity contribution in [2.75, 3.05) is 13.2 Å². The van der Waals surface area contributed by atoms with E-state index >= 15 is 0 Å². The molecule has 0 radical (unpaired) electrons. The second-order valence-electron chi connectivity index (χ2n) is 7.40. The smallest absolute Gasteiger partial charge is 0.102 e. The molecule has 1 aliphatic carbocycles. The summed E-state index contributed by atoms with van der Waals surface area (Å²) in [6.07, 6.45) is 6.76. The molecule has 0 saturated carbocycles. The molecule has 2 rings (SSSR count). The Bertz CT molecular complexity index is 620. The quantitative estimate of drug-likeness (QED) is 0.638. The Balaban J connectivity index is 1.89. The van der Waals surface area contributed by atoms with Crippen LogP contribution in [-0.2, 0) is 4.84 Å². The Morgan fingerprint density at radius 3 is 2.80 bits per heavy atom. The van der Waals surface area contributed by atoms with E-state index < -0.39 is 6.10 Å². The fourth-order valence-corrected chi connectivity index (χ4v) is 2.73. The van der Waals surface area contributed by atoms with Gasteiger partial charge in [-0.15, -0.1) is 0 Å². The molecule has 1 atom stereocenters. The number of hydroxylamine groups is 1. The monoisotopic (exact) mass is 364 g/mol. The van der Waals surface area contributed by atoms with Crippen molar-refractivity contribution in [2.24, 2.45) is 0 Å². The van der Waals surface area contributed by atoms with Gasteiger partial charge in [0, 0.05) is 17.1 Å². The molecule has 0 aromatic heterocycles. The highest BCUT2D eigenvalue weighted by Crippen LogP contribution is 2.27. The van der Waals surface area contributed by atoms with Crippen LogP contribution < -0.4 is 10.8 Å². The van der Waals surface area contributed by atoms with E-state index in [1.807, 2.05) is 24.3 Å². The summed E-state index contributed by atoms with van der Waals surface area (Å²) in [5, 5.41) is 14.0. The number of allylic oxidation sites excluding steroid dienone is 2. The second kappa shape index (κ2) is 9.39. The van der Waals surface area contributed by atoms with Crippen LogP contribution in [0.1, 0.15) is 45.6 Å². The van der Waals surface area contributed by atoms with Crippen molar-refractivity contribution in [3.8, 4) is 0 Å². The molecule has 1 aliphatic rings. The van der Waals surface area contributed by atoms with Gasteiger partial charge in [-0.05, 0) is 63.3 Å². The molecule has 138 valence electrons. The molecule has 0 aliphatic heterocycles. The van der Waals surface area contributed by atoms with Crippen molar-refractivity contribution >= 4 is 17.7 Å². The summed E-state index contributed by atoms with van der Waals surface area (Å²) in [7, 11) is 0. The summed E-state index contributed by atoms with van der Waals surface area (Å²) in [6.45, 7) is 6.92. The third-order valence-electron chi connectivity index (χ3n) is 3.91.